The molecular weight excluding hydrogens is 338 g/mol. The van der Waals surface area contributed by atoms with Crippen LogP contribution in [-0.4, -0.2) is 42.7 Å². The number of ether oxygens (including phenoxy) is 2. The Kier molecular flexibility index (Phi) is 6.34. The van der Waals surface area contributed by atoms with E-state index in [1.54, 1.807) is 14.2 Å². The molecule has 0 amide bonds. The number of hydrogen-bond donors (Lipinski definition) is 1. The van der Waals surface area contributed by atoms with Gasteiger partial charge < -0.3 is 15.2 Å². The molecule has 0 bridgehead atoms. The van der Waals surface area contributed by atoms with Crippen molar-refractivity contribution in [2.45, 2.75) is 44.7 Å². The summed E-state index contributed by atoms with van der Waals surface area (Å²) in [5.74, 6) is 1.62. The van der Waals surface area contributed by atoms with E-state index in [2.05, 4.69) is 35.0 Å². The smallest absolute Gasteiger partial charge is 0.161 e. The van der Waals surface area contributed by atoms with Gasteiger partial charge in [-0.25, -0.2) is 0 Å². The molecule has 0 fully saturated rings. The summed E-state index contributed by atoms with van der Waals surface area (Å²) >= 11 is 0. The molecule has 3 rings (SSSR count). The first-order chi connectivity index (χ1) is 13.0. The molecule has 1 unspecified atom stereocenters. The van der Waals surface area contributed by atoms with E-state index in [0.29, 0.717) is 0 Å². The minimum absolute atomic E-state index is 0.173. The fraction of sp³-hybridized carbons (Fsp3) is 0.500. The van der Waals surface area contributed by atoms with E-state index in [1.807, 2.05) is 18.5 Å². The van der Waals surface area contributed by atoms with Crippen LogP contribution >= 0.6 is 0 Å². The summed E-state index contributed by atoms with van der Waals surface area (Å²) in [6.45, 7) is 5.17. The summed E-state index contributed by atoms with van der Waals surface area (Å²) in [7, 11) is 3.37. The molecule has 2 aromatic rings. The first-order valence-electron chi connectivity index (χ1n) is 9.64. The van der Waals surface area contributed by atoms with Crippen LogP contribution in [0.3, 0.4) is 0 Å². The van der Waals surface area contributed by atoms with Gasteiger partial charge in [0.1, 0.15) is 0 Å². The van der Waals surface area contributed by atoms with Crippen molar-refractivity contribution in [1.29, 1.82) is 0 Å². The van der Waals surface area contributed by atoms with Crippen LogP contribution < -0.4 is 15.2 Å². The number of nitrogens with zero attached hydrogens (tertiary/aromatic N) is 2. The number of rotatable bonds is 8. The van der Waals surface area contributed by atoms with Gasteiger partial charge in [0.25, 0.3) is 0 Å². The Labute approximate surface area is 162 Å². The highest BCUT2D eigenvalue weighted by Gasteiger charge is 2.23. The Balaban J connectivity index is 1.54. The van der Waals surface area contributed by atoms with Crippen molar-refractivity contribution in [3.05, 3.63) is 53.3 Å². The number of pyridine rings is 1. The highest BCUT2D eigenvalue weighted by molar-refractivity contribution is 5.48. The molecule has 2 heterocycles. The van der Waals surface area contributed by atoms with Gasteiger partial charge in [0.2, 0.25) is 0 Å². The minimum Gasteiger partial charge on any atom is -0.493 e. The van der Waals surface area contributed by atoms with Crippen LogP contribution in [0.25, 0.3) is 0 Å². The zero-order valence-electron chi connectivity index (χ0n) is 16.7. The van der Waals surface area contributed by atoms with Gasteiger partial charge in [-0.15, -0.1) is 0 Å². The third-order valence-electron chi connectivity index (χ3n) is 5.50. The number of aromatic nitrogens is 1. The van der Waals surface area contributed by atoms with E-state index in [-0.39, 0.29) is 5.54 Å². The molecule has 5 heteroatoms. The van der Waals surface area contributed by atoms with Crippen molar-refractivity contribution in [2.24, 2.45) is 5.73 Å². The number of benzene rings is 1. The Bertz CT molecular complexity index is 747. The molecule has 1 aromatic heterocycles. The SMILES string of the molecule is COc1cc2c(cc1OC)CN(CCC(C)(N)CCc1cccnc1)CC2. The van der Waals surface area contributed by atoms with Crippen molar-refractivity contribution < 1.29 is 9.47 Å². The number of nitrogens with two attached hydrogens (primary N) is 1. The highest BCUT2D eigenvalue weighted by atomic mass is 16.5. The maximum Gasteiger partial charge on any atom is 0.161 e. The molecule has 1 aromatic carbocycles. The molecule has 1 aliphatic heterocycles. The van der Waals surface area contributed by atoms with Crippen LogP contribution in [0.4, 0.5) is 0 Å². The molecule has 146 valence electrons. The van der Waals surface area contributed by atoms with Crippen LogP contribution in [0.15, 0.2) is 36.7 Å². The quantitative estimate of drug-likeness (QED) is 0.774. The second-order valence-corrected chi connectivity index (χ2v) is 7.77. The lowest BCUT2D eigenvalue weighted by atomic mass is 9.90. The third kappa shape index (κ3) is 5.21. The predicted molar refractivity (Wildman–Crippen MR) is 108 cm³/mol. The van der Waals surface area contributed by atoms with E-state index >= 15 is 0 Å². The summed E-state index contributed by atoms with van der Waals surface area (Å²) in [6.07, 6.45) is 7.70. The van der Waals surface area contributed by atoms with Crippen molar-refractivity contribution in [1.82, 2.24) is 9.88 Å². The van der Waals surface area contributed by atoms with Crippen molar-refractivity contribution in [2.75, 3.05) is 27.3 Å². The van der Waals surface area contributed by atoms with Gasteiger partial charge in [0.15, 0.2) is 11.5 Å². The molecule has 2 N–H and O–H groups in total. The Morgan fingerprint density at radius 3 is 2.56 bits per heavy atom. The molecule has 0 saturated carbocycles. The molecule has 1 atom stereocenters. The van der Waals surface area contributed by atoms with Gasteiger partial charge in [-0.2, -0.15) is 0 Å². The lowest BCUT2D eigenvalue weighted by molar-refractivity contribution is 0.222. The topological polar surface area (TPSA) is 60.6 Å². The van der Waals surface area contributed by atoms with Crippen molar-refractivity contribution in [3.8, 4) is 11.5 Å². The van der Waals surface area contributed by atoms with Crippen molar-refractivity contribution >= 4 is 0 Å². The fourth-order valence-corrected chi connectivity index (χ4v) is 3.65. The zero-order chi connectivity index (χ0) is 19.3. The zero-order valence-corrected chi connectivity index (χ0v) is 16.7. The van der Waals surface area contributed by atoms with E-state index < -0.39 is 0 Å². The Morgan fingerprint density at radius 2 is 1.89 bits per heavy atom. The highest BCUT2D eigenvalue weighted by Crippen LogP contribution is 2.33. The number of aryl methyl sites for hydroxylation is 1. The number of fused-ring (bicyclic) bond motifs is 1. The van der Waals surface area contributed by atoms with E-state index in [9.17, 15) is 0 Å². The fourth-order valence-electron chi connectivity index (χ4n) is 3.65. The molecule has 0 spiro atoms. The molecule has 27 heavy (non-hydrogen) atoms. The monoisotopic (exact) mass is 369 g/mol. The van der Waals surface area contributed by atoms with E-state index in [0.717, 1.165) is 56.8 Å². The standard InChI is InChI=1S/C22H31N3O2/c1-22(23,8-6-17-5-4-10-24-15-17)9-12-25-11-7-18-13-20(26-2)21(27-3)14-19(18)16-25/h4-5,10,13-15H,6-9,11-12,16,23H2,1-3H3. The van der Waals surface area contributed by atoms with Gasteiger partial charge in [-0.1, -0.05) is 6.07 Å². The van der Waals surface area contributed by atoms with Crippen LogP contribution in [0.1, 0.15) is 36.5 Å². The van der Waals surface area contributed by atoms with Gasteiger partial charge in [-0.05, 0) is 67.5 Å². The second-order valence-electron chi connectivity index (χ2n) is 7.77. The minimum atomic E-state index is -0.173. The number of hydrogen-bond acceptors (Lipinski definition) is 5. The molecule has 0 saturated heterocycles. The normalized spacial score (nSPS) is 16.4. The lowest BCUT2D eigenvalue weighted by Gasteiger charge is -2.33. The van der Waals surface area contributed by atoms with Gasteiger partial charge >= 0.3 is 0 Å². The summed E-state index contributed by atoms with van der Waals surface area (Å²) in [6, 6.07) is 8.33. The van der Waals surface area contributed by atoms with E-state index in [4.69, 9.17) is 15.2 Å². The van der Waals surface area contributed by atoms with Crippen LogP contribution in [-0.2, 0) is 19.4 Å². The van der Waals surface area contributed by atoms with Crippen LogP contribution in [0.5, 0.6) is 11.5 Å². The maximum absolute atomic E-state index is 6.58. The molecule has 5 nitrogen and oxygen atoms in total. The van der Waals surface area contributed by atoms with Crippen LogP contribution in [0, 0.1) is 0 Å². The molecule has 0 aliphatic carbocycles. The lowest BCUT2D eigenvalue weighted by Crippen LogP contribution is -2.42. The average molecular weight is 370 g/mol. The second kappa shape index (κ2) is 8.72. The number of methoxy groups -OCH3 is 2. The van der Waals surface area contributed by atoms with Gasteiger partial charge in [-0.3, -0.25) is 9.88 Å². The Hall–Kier alpha value is -2.11. The van der Waals surface area contributed by atoms with Gasteiger partial charge in [0.05, 0.1) is 14.2 Å². The first-order valence-corrected chi connectivity index (χ1v) is 9.64. The van der Waals surface area contributed by atoms with E-state index in [1.165, 1.54) is 16.7 Å². The summed E-state index contributed by atoms with van der Waals surface area (Å²) in [5, 5.41) is 0. The average Bonchev–Trinajstić information content (AvgIpc) is 2.70. The van der Waals surface area contributed by atoms with Crippen molar-refractivity contribution in [3.63, 3.8) is 0 Å². The van der Waals surface area contributed by atoms with Gasteiger partial charge in [0, 0.05) is 37.6 Å². The van der Waals surface area contributed by atoms with Crippen LogP contribution in [0.2, 0.25) is 0 Å². The first kappa shape index (κ1) is 19.6. The summed E-state index contributed by atoms with van der Waals surface area (Å²) in [4.78, 5) is 6.67. The predicted octanol–water partition coefficient (Wildman–Crippen LogP) is 3.20. The Morgan fingerprint density at radius 1 is 1.15 bits per heavy atom. The molecule has 0 radical (unpaired) electrons. The molecular formula is C22H31N3O2. The summed E-state index contributed by atoms with van der Waals surface area (Å²) < 4.78 is 10.9. The third-order valence-corrected chi connectivity index (χ3v) is 5.50. The molecule has 1 aliphatic rings. The summed E-state index contributed by atoms with van der Waals surface area (Å²) in [5.41, 5.74) is 10.3. The maximum atomic E-state index is 6.58. The largest absolute Gasteiger partial charge is 0.493 e.